The summed E-state index contributed by atoms with van der Waals surface area (Å²) in [5, 5.41) is 0. The predicted octanol–water partition coefficient (Wildman–Crippen LogP) is 2.94. The first-order chi connectivity index (χ1) is 10.1. The quantitative estimate of drug-likeness (QED) is 0.874. The molecule has 1 saturated heterocycles. The number of rotatable bonds is 6. The normalized spacial score (nSPS) is 18.0. The number of benzene rings is 1. The molecule has 21 heavy (non-hydrogen) atoms. The highest BCUT2D eigenvalue weighted by Crippen LogP contribution is 2.23. The van der Waals surface area contributed by atoms with E-state index in [1.54, 1.807) is 0 Å². The second-order valence-electron chi connectivity index (χ2n) is 6.39. The summed E-state index contributed by atoms with van der Waals surface area (Å²) in [4.78, 5) is 5.10. The fourth-order valence-electron chi connectivity index (χ4n) is 3.15. The molecular weight excluding hydrogens is 258 g/mol. The molecule has 1 aliphatic heterocycles. The lowest BCUT2D eigenvalue weighted by molar-refractivity contribution is 0.246. The molecule has 0 radical (unpaired) electrons. The Balaban J connectivity index is 1.82. The number of hydrogen-bond acceptors (Lipinski definition) is 3. The number of hydrogen-bond donors (Lipinski definition) is 1. The van der Waals surface area contributed by atoms with Crippen LogP contribution in [0.25, 0.3) is 0 Å². The molecular formula is C18H31N3. The van der Waals surface area contributed by atoms with Crippen LogP contribution in [-0.2, 0) is 0 Å². The standard InChI is InChI=1S/C18H31N3/c1-4-6-17(19)9-10-20-11-13-21(14-12-20)18-8-5-7-15(2)16(18)3/h5,7-8,17H,4,6,9-14,19H2,1-3H3. The summed E-state index contributed by atoms with van der Waals surface area (Å²) in [6.45, 7) is 12.4. The van der Waals surface area contributed by atoms with E-state index in [1.165, 1.54) is 23.2 Å². The fourth-order valence-corrected chi connectivity index (χ4v) is 3.15. The van der Waals surface area contributed by atoms with Gasteiger partial charge in [0.05, 0.1) is 0 Å². The van der Waals surface area contributed by atoms with Crippen molar-refractivity contribution in [2.45, 2.75) is 46.1 Å². The van der Waals surface area contributed by atoms with Crippen LogP contribution in [0.2, 0.25) is 0 Å². The SMILES string of the molecule is CCCC(N)CCN1CCN(c2cccc(C)c2C)CC1. The monoisotopic (exact) mass is 289 g/mol. The van der Waals surface area contributed by atoms with Gasteiger partial charge >= 0.3 is 0 Å². The van der Waals surface area contributed by atoms with Gasteiger partial charge in [-0.25, -0.2) is 0 Å². The van der Waals surface area contributed by atoms with Crippen molar-refractivity contribution in [2.24, 2.45) is 5.73 Å². The van der Waals surface area contributed by atoms with E-state index in [1.807, 2.05) is 0 Å². The maximum atomic E-state index is 6.12. The van der Waals surface area contributed by atoms with Gasteiger partial charge in [0.1, 0.15) is 0 Å². The van der Waals surface area contributed by atoms with Crippen LogP contribution in [-0.4, -0.2) is 43.7 Å². The molecule has 3 nitrogen and oxygen atoms in total. The minimum atomic E-state index is 0.382. The molecule has 0 spiro atoms. The Kier molecular flexibility index (Phi) is 6.07. The summed E-state index contributed by atoms with van der Waals surface area (Å²) in [7, 11) is 0. The molecule has 3 heteroatoms. The van der Waals surface area contributed by atoms with E-state index in [0.29, 0.717) is 6.04 Å². The van der Waals surface area contributed by atoms with Crippen LogP contribution in [0.3, 0.4) is 0 Å². The van der Waals surface area contributed by atoms with Crippen molar-refractivity contribution in [1.82, 2.24) is 4.90 Å². The van der Waals surface area contributed by atoms with Crippen LogP contribution < -0.4 is 10.6 Å². The van der Waals surface area contributed by atoms with Crippen molar-refractivity contribution < 1.29 is 0 Å². The van der Waals surface area contributed by atoms with Crippen molar-refractivity contribution >= 4 is 5.69 Å². The Labute approximate surface area is 130 Å². The molecule has 0 aromatic heterocycles. The zero-order valence-electron chi connectivity index (χ0n) is 13.9. The maximum absolute atomic E-state index is 6.12. The molecule has 1 aromatic rings. The zero-order chi connectivity index (χ0) is 15.2. The highest BCUT2D eigenvalue weighted by molar-refractivity contribution is 5.56. The van der Waals surface area contributed by atoms with Gasteiger partial charge < -0.3 is 10.6 Å². The number of piperazine rings is 1. The summed E-state index contributed by atoms with van der Waals surface area (Å²) in [6, 6.07) is 7.01. The average Bonchev–Trinajstić information content (AvgIpc) is 2.49. The molecule has 1 unspecified atom stereocenters. The Bertz CT molecular complexity index is 436. The summed E-state index contributed by atoms with van der Waals surface area (Å²) in [5.74, 6) is 0. The molecule has 0 saturated carbocycles. The van der Waals surface area contributed by atoms with E-state index >= 15 is 0 Å². The van der Waals surface area contributed by atoms with Gasteiger partial charge in [0.2, 0.25) is 0 Å². The van der Waals surface area contributed by atoms with E-state index in [-0.39, 0.29) is 0 Å². The lowest BCUT2D eigenvalue weighted by Crippen LogP contribution is -2.47. The lowest BCUT2D eigenvalue weighted by atomic mass is 10.1. The van der Waals surface area contributed by atoms with E-state index in [9.17, 15) is 0 Å². The van der Waals surface area contributed by atoms with Crippen LogP contribution in [0, 0.1) is 13.8 Å². The zero-order valence-corrected chi connectivity index (χ0v) is 13.9. The molecule has 2 rings (SSSR count). The van der Waals surface area contributed by atoms with Gasteiger partial charge in [-0.2, -0.15) is 0 Å². The Morgan fingerprint density at radius 1 is 1.10 bits per heavy atom. The smallest absolute Gasteiger partial charge is 0.0399 e. The number of nitrogens with zero attached hydrogens (tertiary/aromatic N) is 2. The predicted molar refractivity (Wildman–Crippen MR) is 92.1 cm³/mol. The Hall–Kier alpha value is -1.06. The van der Waals surface area contributed by atoms with E-state index in [0.717, 1.165) is 45.6 Å². The summed E-state index contributed by atoms with van der Waals surface area (Å²) >= 11 is 0. The molecule has 0 bridgehead atoms. The summed E-state index contributed by atoms with van der Waals surface area (Å²) in [5.41, 5.74) is 10.3. The van der Waals surface area contributed by atoms with Gasteiger partial charge in [0.15, 0.2) is 0 Å². The van der Waals surface area contributed by atoms with Gasteiger partial charge in [-0.15, -0.1) is 0 Å². The first-order valence-corrected chi connectivity index (χ1v) is 8.41. The van der Waals surface area contributed by atoms with E-state index in [4.69, 9.17) is 5.73 Å². The third kappa shape index (κ3) is 4.45. The van der Waals surface area contributed by atoms with Gasteiger partial charge in [-0.1, -0.05) is 25.5 Å². The molecule has 118 valence electrons. The van der Waals surface area contributed by atoms with Crippen LogP contribution in [0.15, 0.2) is 18.2 Å². The van der Waals surface area contributed by atoms with Crippen LogP contribution in [0.5, 0.6) is 0 Å². The minimum absolute atomic E-state index is 0.382. The van der Waals surface area contributed by atoms with Gasteiger partial charge in [0, 0.05) is 37.9 Å². The Morgan fingerprint density at radius 2 is 1.81 bits per heavy atom. The van der Waals surface area contributed by atoms with Crippen LogP contribution >= 0.6 is 0 Å². The third-order valence-corrected chi connectivity index (χ3v) is 4.76. The average molecular weight is 289 g/mol. The summed E-state index contributed by atoms with van der Waals surface area (Å²) < 4.78 is 0. The van der Waals surface area contributed by atoms with Crippen LogP contribution in [0.1, 0.15) is 37.3 Å². The second-order valence-corrected chi connectivity index (χ2v) is 6.39. The highest BCUT2D eigenvalue weighted by Gasteiger charge is 2.18. The van der Waals surface area contributed by atoms with Crippen molar-refractivity contribution in [2.75, 3.05) is 37.6 Å². The maximum Gasteiger partial charge on any atom is 0.0399 e. The minimum Gasteiger partial charge on any atom is -0.369 e. The summed E-state index contributed by atoms with van der Waals surface area (Å²) in [6.07, 6.45) is 3.49. The molecule has 1 heterocycles. The number of anilines is 1. The van der Waals surface area contributed by atoms with Crippen molar-refractivity contribution in [1.29, 1.82) is 0 Å². The van der Waals surface area contributed by atoms with Crippen molar-refractivity contribution in [3.05, 3.63) is 29.3 Å². The second kappa shape index (κ2) is 7.81. The molecule has 1 aliphatic rings. The van der Waals surface area contributed by atoms with Gasteiger partial charge in [-0.05, 0) is 50.4 Å². The number of aryl methyl sites for hydroxylation is 1. The van der Waals surface area contributed by atoms with E-state index < -0.39 is 0 Å². The Morgan fingerprint density at radius 3 is 2.48 bits per heavy atom. The van der Waals surface area contributed by atoms with Gasteiger partial charge in [-0.3, -0.25) is 4.90 Å². The first-order valence-electron chi connectivity index (χ1n) is 8.41. The van der Waals surface area contributed by atoms with Crippen molar-refractivity contribution in [3.8, 4) is 0 Å². The molecule has 0 aliphatic carbocycles. The third-order valence-electron chi connectivity index (χ3n) is 4.76. The molecule has 2 N–H and O–H groups in total. The fraction of sp³-hybridized carbons (Fsp3) is 0.667. The molecule has 1 atom stereocenters. The highest BCUT2D eigenvalue weighted by atomic mass is 15.3. The van der Waals surface area contributed by atoms with Crippen molar-refractivity contribution in [3.63, 3.8) is 0 Å². The van der Waals surface area contributed by atoms with Gasteiger partial charge in [0.25, 0.3) is 0 Å². The molecule has 1 aromatic carbocycles. The largest absolute Gasteiger partial charge is 0.369 e. The lowest BCUT2D eigenvalue weighted by Gasteiger charge is -2.37. The van der Waals surface area contributed by atoms with E-state index in [2.05, 4.69) is 48.8 Å². The number of nitrogens with two attached hydrogens (primary N) is 1. The topological polar surface area (TPSA) is 32.5 Å². The molecule has 1 fully saturated rings. The molecule has 0 amide bonds. The van der Waals surface area contributed by atoms with Crippen LogP contribution in [0.4, 0.5) is 5.69 Å². The first kappa shape index (κ1) is 16.3.